The van der Waals surface area contributed by atoms with Gasteiger partial charge in [-0.1, -0.05) is 36.4 Å². The number of hydrogen-bond acceptors (Lipinski definition) is 2. The SMILES string of the molecule is C=CCN(C(=O)NC(C(=O)O)c1ccccc1)C1CC1. The lowest BCUT2D eigenvalue weighted by Gasteiger charge is -2.24. The molecule has 1 aliphatic rings. The van der Waals surface area contributed by atoms with Crippen molar-refractivity contribution in [2.24, 2.45) is 0 Å². The normalized spacial score (nSPS) is 15.2. The zero-order valence-electron chi connectivity index (χ0n) is 11.2. The summed E-state index contributed by atoms with van der Waals surface area (Å²) in [6.45, 7) is 4.06. The number of aliphatic carboxylic acids is 1. The fourth-order valence-electron chi connectivity index (χ4n) is 2.06. The van der Waals surface area contributed by atoms with E-state index in [1.165, 1.54) is 0 Å². The number of carboxylic acids is 1. The lowest BCUT2D eigenvalue weighted by atomic mass is 10.1. The molecule has 1 atom stereocenters. The Morgan fingerprint density at radius 3 is 2.55 bits per heavy atom. The monoisotopic (exact) mass is 274 g/mol. The van der Waals surface area contributed by atoms with Crippen molar-refractivity contribution in [1.29, 1.82) is 0 Å². The van der Waals surface area contributed by atoms with E-state index in [-0.39, 0.29) is 12.1 Å². The van der Waals surface area contributed by atoms with Gasteiger partial charge in [0.2, 0.25) is 0 Å². The molecule has 2 rings (SSSR count). The first-order valence-corrected chi connectivity index (χ1v) is 6.59. The molecule has 106 valence electrons. The van der Waals surface area contributed by atoms with E-state index in [0.717, 1.165) is 12.8 Å². The molecule has 1 unspecified atom stereocenters. The van der Waals surface area contributed by atoms with E-state index in [2.05, 4.69) is 11.9 Å². The highest BCUT2D eigenvalue weighted by atomic mass is 16.4. The van der Waals surface area contributed by atoms with E-state index in [1.54, 1.807) is 41.3 Å². The minimum Gasteiger partial charge on any atom is -0.479 e. The number of nitrogens with zero attached hydrogens (tertiary/aromatic N) is 1. The number of hydrogen-bond donors (Lipinski definition) is 2. The van der Waals surface area contributed by atoms with Gasteiger partial charge >= 0.3 is 12.0 Å². The maximum atomic E-state index is 12.2. The van der Waals surface area contributed by atoms with Gasteiger partial charge in [0.1, 0.15) is 0 Å². The summed E-state index contributed by atoms with van der Waals surface area (Å²) in [4.78, 5) is 25.2. The Morgan fingerprint density at radius 1 is 1.40 bits per heavy atom. The van der Waals surface area contributed by atoms with Crippen molar-refractivity contribution >= 4 is 12.0 Å². The Balaban J connectivity index is 2.09. The number of carbonyl (C=O) groups excluding carboxylic acids is 1. The summed E-state index contributed by atoms with van der Waals surface area (Å²) in [7, 11) is 0. The highest BCUT2D eigenvalue weighted by Crippen LogP contribution is 2.27. The van der Waals surface area contributed by atoms with Gasteiger partial charge < -0.3 is 15.3 Å². The third-order valence-corrected chi connectivity index (χ3v) is 3.22. The average Bonchev–Trinajstić information content (AvgIpc) is 3.27. The molecule has 5 nitrogen and oxygen atoms in total. The van der Waals surface area contributed by atoms with Crippen LogP contribution in [0.3, 0.4) is 0 Å². The van der Waals surface area contributed by atoms with E-state index in [0.29, 0.717) is 12.1 Å². The molecule has 1 aliphatic carbocycles. The van der Waals surface area contributed by atoms with Crippen LogP contribution in [0.4, 0.5) is 4.79 Å². The zero-order valence-corrected chi connectivity index (χ0v) is 11.2. The highest BCUT2D eigenvalue weighted by Gasteiger charge is 2.33. The Labute approximate surface area is 117 Å². The number of rotatable bonds is 6. The number of benzene rings is 1. The fourth-order valence-corrected chi connectivity index (χ4v) is 2.06. The van der Waals surface area contributed by atoms with Crippen molar-refractivity contribution in [1.82, 2.24) is 10.2 Å². The summed E-state index contributed by atoms with van der Waals surface area (Å²) in [5.41, 5.74) is 0.558. The molecule has 0 spiro atoms. The molecule has 0 saturated heterocycles. The van der Waals surface area contributed by atoms with Gasteiger partial charge in [-0.15, -0.1) is 6.58 Å². The zero-order chi connectivity index (χ0) is 14.5. The van der Waals surface area contributed by atoms with Gasteiger partial charge in [0, 0.05) is 12.6 Å². The first-order valence-electron chi connectivity index (χ1n) is 6.59. The van der Waals surface area contributed by atoms with Crippen LogP contribution in [0.15, 0.2) is 43.0 Å². The van der Waals surface area contributed by atoms with Gasteiger partial charge in [-0.2, -0.15) is 0 Å². The predicted molar refractivity (Wildman–Crippen MR) is 75.3 cm³/mol. The minimum absolute atomic E-state index is 0.207. The molecule has 0 bridgehead atoms. The van der Waals surface area contributed by atoms with Crippen LogP contribution in [0.25, 0.3) is 0 Å². The molecule has 2 N–H and O–H groups in total. The lowest BCUT2D eigenvalue weighted by molar-refractivity contribution is -0.139. The van der Waals surface area contributed by atoms with Gasteiger partial charge in [-0.05, 0) is 18.4 Å². The molecule has 0 heterocycles. The van der Waals surface area contributed by atoms with Crippen molar-refractivity contribution in [3.63, 3.8) is 0 Å². The van der Waals surface area contributed by atoms with Crippen molar-refractivity contribution in [2.45, 2.75) is 24.9 Å². The van der Waals surface area contributed by atoms with E-state index in [9.17, 15) is 14.7 Å². The first-order chi connectivity index (χ1) is 9.63. The summed E-state index contributed by atoms with van der Waals surface area (Å²) in [6, 6.07) is 7.50. The summed E-state index contributed by atoms with van der Waals surface area (Å²) >= 11 is 0. The summed E-state index contributed by atoms with van der Waals surface area (Å²) in [5.74, 6) is -1.07. The van der Waals surface area contributed by atoms with Crippen LogP contribution in [-0.4, -0.2) is 34.6 Å². The van der Waals surface area contributed by atoms with Crippen LogP contribution < -0.4 is 5.32 Å². The number of carbonyl (C=O) groups is 2. The quantitative estimate of drug-likeness (QED) is 0.781. The molecule has 2 amide bonds. The molecule has 20 heavy (non-hydrogen) atoms. The first kappa shape index (κ1) is 14.1. The van der Waals surface area contributed by atoms with Crippen LogP contribution in [0, 0.1) is 0 Å². The van der Waals surface area contributed by atoms with Gasteiger partial charge in [0.05, 0.1) is 0 Å². The van der Waals surface area contributed by atoms with Crippen molar-refractivity contribution in [3.8, 4) is 0 Å². The standard InChI is InChI=1S/C15H18N2O3/c1-2-10-17(12-8-9-12)15(20)16-13(14(18)19)11-6-4-3-5-7-11/h2-7,12-13H,1,8-10H2,(H,16,20)(H,18,19). The minimum atomic E-state index is -1.07. The Hall–Kier alpha value is -2.30. The summed E-state index contributed by atoms with van der Waals surface area (Å²) in [5, 5.41) is 11.9. The average molecular weight is 274 g/mol. The molecule has 0 aliphatic heterocycles. The molecule has 0 aromatic heterocycles. The summed E-state index contributed by atoms with van der Waals surface area (Å²) < 4.78 is 0. The Kier molecular flexibility index (Phi) is 4.40. The number of carboxylic acid groups (broad SMARTS) is 1. The second kappa shape index (κ2) is 6.23. The van der Waals surface area contributed by atoms with Crippen LogP contribution in [0.1, 0.15) is 24.4 Å². The maximum Gasteiger partial charge on any atom is 0.330 e. The largest absolute Gasteiger partial charge is 0.479 e. The van der Waals surface area contributed by atoms with Crippen LogP contribution in [-0.2, 0) is 4.79 Å². The van der Waals surface area contributed by atoms with Gasteiger partial charge in [0.15, 0.2) is 6.04 Å². The number of urea groups is 1. The number of amides is 2. The third kappa shape index (κ3) is 3.38. The van der Waals surface area contributed by atoms with Gasteiger partial charge in [0.25, 0.3) is 0 Å². The van der Waals surface area contributed by atoms with Crippen LogP contribution >= 0.6 is 0 Å². The van der Waals surface area contributed by atoms with Crippen molar-refractivity contribution in [3.05, 3.63) is 48.6 Å². The fraction of sp³-hybridized carbons (Fsp3) is 0.333. The lowest BCUT2D eigenvalue weighted by Crippen LogP contribution is -2.44. The smallest absolute Gasteiger partial charge is 0.330 e. The van der Waals surface area contributed by atoms with Crippen LogP contribution in [0.2, 0.25) is 0 Å². The third-order valence-electron chi connectivity index (χ3n) is 3.22. The van der Waals surface area contributed by atoms with Crippen molar-refractivity contribution in [2.75, 3.05) is 6.54 Å². The Bertz CT molecular complexity index is 497. The number of nitrogens with one attached hydrogen (secondary N) is 1. The second-order valence-corrected chi connectivity index (χ2v) is 4.80. The molecule has 1 aromatic rings. The topological polar surface area (TPSA) is 69.6 Å². The van der Waals surface area contributed by atoms with E-state index >= 15 is 0 Å². The maximum absolute atomic E-state index is 12.2. The Morgan fingerprint density at radius 2 is 2.05 bits per heavy atom. The molecule has 1 saturated carbocycles. The van der Waals surface area contributed by atoms with Gasteiger partial charge in [-0.25, -0.2) is 9.59 Å². The molecular weight excluding hydrogens is 256 g/mol. The van der Waals surface area contributed by atoms with Crippen LogP contribution in [0.5, 0.6) is 0 Å². The molecule has 1 fully saturated rings. The molecule has 1 aromatic carbocycles. The van der Waals surface area contributed by atoms with E-state index in [1.807, 2.05) is 0 Å². The summed E-state index contributed by atoms with van der Waals surface area (Å²) in [6.07, 6.45) is 3.57. The predicted octanol–water partition coefficient (Wildman–Crippen LogP) is 2.17. The van der Waals surface area contributed by atoms with E-state index < -0.39 is 12.0 Å². The van der Waals surface area contributed by atoms with Gasteiger partial charge in [-0.3, -0.25) is 0 Å². The molecule has 5 heteroatoms. The van der Waals surface area contributed by atoms with E-state index in [4.69, 9.17) is 0 Å². The van der Waals surface area contributed by atoms with Crippen molar-refractivity contribution < 1.29 is 14.7 Å². The highest BCUT2D eigenvalue weighted by molar-refractivity contribution is 5.84. The molecule has 0 radical (unpaired) electrons. The molecular formula is C15H18N2O3. The second-order valence-electron chi connectivity index (χ2n) is 4.80.